The Morgan fingerprint density at radius 2 is 2.33 bits per heavy atom. The van der Waals surface area contributed by atoms with Crippen molar-refractivity contribution in [2.24, 2.45) is 5.92 Å². The summed E-state index contributed by atoms with van der Waals surface area (Å²) in [6, 6.07) is 2.99. The van der Waals surface area contributed by atoms with Gasteiger partial charge in [-0.05, 0) is 19.3 Å². The molecule has 1 amide bonds. The van der Waals surface area contributed by atoms with Gasteiger partial charge in [-0.15, -0.1) is 0 Å². The summed E-state index contributed by atoms with van der Waals surface area (Å²) in [5.41, 5.74) is 0. The molecule has 5 nitrogen and oxygen atoms in total. The van der Waals surface area contributed by atoms with Crippen LogP contribution in [0, 0.1) is 17.2 Å². The van der Waals surface area contributed by atoms with E-state index in [0.717, 1.165) is 12.8 Å². The third-order valence-electron chi connectivity index (χ3n) is 3.99. The molecule has 2 fully saturated rings. The minimum atomic E-state index is 0.110. The first-order chi connectivity index (χ1) is 8.76. The van der Waals surface area contributed by atoms with Gasteiger partial charge in [-0.25, -0.2) is 0 Å². The molecule has 2 heterocycles. The lowest BCUT2D eigenvalue weighted by atomic mass is 9.88. The average molecular weight is 251 g/mol. The minimum Gasteiger partial charge on any atom is -0.383 e. The van der Waals surface area contributed by atoms with E-state index in [1.54, 1.807) is 12.0 Å². The molecule has 18 heavy (non-hydrogen) atoms. The van der Waals surface area contributed by atoms with Crippen molar-refractivity contribution >= 4 is 5.91 Å². The fraction of sp³-hybridized carbons (Fsp3) is 0.846. The van der Waals surface area contributed by atoms with Gasteiger partial charge in [-0.3, -0.25) is 4.79 Å². The van der Waals surface area contributed by atoms with Crippen molar-refractivity contribution in [2.45, 2.75) is 37.8 Å². The molecule has 5 heteroatoms. The van der Waals surface area contributed by atoms with E-state index in [9.17, 15) is 4.79 Å². The Hall–Kier alpha value is -1.12. The van der Waals surface area contributed by atoms with Crippen LogP contribution in [-0.4, -0.2) is 49.7 Å². The van der Waals surface area contributed by atoms with Gasteiger partial charge in [0.2, 0.25) is 5.91 Å². The van der Waals surface area contributed by atoms with E-state index in [0.29, 0.717) is 38.2 Å². The highest BCUT2D eigenvalue weighted by Crippen LogP contribution is 2.34. The zero-order chi connectivity index (χ0) is 13.0. The van der Waals surface area contributed by atoms with Crippen molar-refractivity contribution in [3.05, 3.63) is 0 Å². The normalized spacial score (nSPS) is 29.2. The summed E-state index contributed by atoms with van der Waals surface area (Å²) in [5, 5.41) is 12.1. The van der Waals surface area contributed by atoms with Crippen molar-refractivity contribution in [3.63, 3.8) is 0 Å². The van der Waals surface area contributed by atoms with Crippen molar-refractivity contribution in [3.8, 4) is 6.07 Å². The SMILES string of the molecule is COCCN(CCC#N)C(=O)C1CC2CCC1N2. The van der Waals surface area contributed by atoms with Crippen LogP contribution in [0.25, 0.3) is 0 Å². The molecule has 0 spiro atoms. The lowest BCUT2D eigenvalue weighted by Gasteiger charge is -2.28. The second-order valence-corrected chi connectivity index (χ2v) is 5.12. The van der Waals surface area contributed by atoms with Crippen LogP contribution in [0.5, 0.6) is 0 Å². The third-order valence-corrected chi connectivity index (χ3v) is 3.99. The predicted molar refractivity (Wildman–Crippen MR) is 66.7 cm³/mol. The molecule has 0 saturated carbocycles. The predicted octanol–water partition coefficient (Wildman–Crippen LogP) is 0.516. The quantitative estimate of drug-likeness (QED) is 0.747. The Kier molecular flexibility index (Phi) is 4.56. The highest BCUT2D eigenvalue weighted by Gasteiger charge is 2.43. The lowest BCUT2D eigenvalue weighted by Crippen LogP contribution is -2.42. The number of fused-ring (bicyclic) bond motifs is 2. The van der Waals surface area contributed by atoms with Crippen LogP contribution < -0.4 is 5.32 Å². The number of nitrogens with zero attached hydrogens (tertiary/aromatic N) is 2. The highest BCUT2D eigenvalue weighted by atomic mass is 16.5. The first-order valence-electron chi connectivity index (χ1n) is 6.67. The summed E-state index contributed by atoms with van der Waals surface area (Å²) in [5.74, 6) is 0.307. The molecule has 3 unspecified atom stereocenters. The van der Waals surface area contributed by atoms with Gasteiger partial charge in [0.15, 0.2) is 0 Å². The molecule has 2 saturated heterocycles. The van der Waals surface area contributed by atoms with Gasteiger partial charge in [-0.1, -0.05) is 0 Å². The number of rotatable bonds is 6. The molecule has 2 bridgehead atoms. The third kappa shape index (κ3) is 2.82. The van der Waals surface area contributed by atoms with E-state index in [-0.39, 0.29) is 11.8 Å². The molecule has 0 aliphatic carbocycles. The van der Waals surface area contributed by atoms with Crippen LogP contribution in [0.4, 0.5) is 0 Å². The number of nitrogens with one attached hydrogen (secondary N) is 1. The maximum Gasteiger partial charge on any atom is 0.227 e. The van der Waals surface area contributed by atoms with E-state index in [1.807, 2.05) is 0 Å². The van der Waals surface area contributed by atoms with Gasteiger partial charge in [0.1, 0.15) is 0 Å². The fourth-order valence-electron chi connectivity index (χ4n) is 3.05. The number of carbonyl (C=O) groups excluding carboxylic acids is 1. The van der Waals surface area contributed by atoms with Crippen LogP contribution in [0.2, 0.25) is 0 Å². The Balaban J connectivity index is 1.92. The average Bonchev–Trinajstić information content (AvgIpc) is 3.00. The largest absolute Gasteiger partial charge is 0.383 e. The molecular weight excluding hydrogens is 230 g/mol. The zero-order valence-corrected chi connectivity index (χ0v) is 10.9. The summed E-state index contributed by atoms with van der Waals surface area (Å²) in [6.07, 6.45) is 3.66. The minimum absolute atomic E-state index is 0.110. The van der Waals surface area contributed by atoms with Crippen LogP contribution in [0.3, 0.4) is 0 Å². The number of nitriles is 1. The van der Waals surface area contributed by atoms with Crippen LogP contribution in [-0.2, 0) is 9.53 Å². The number of methoxy groups -OCH3 is 1. The first-order valence-corrected chi connectivity index (χ1v) is 6.67. The van der Waals surface area contributed by atoms with Gasteiger partial charge in [0.25, 0.3) is 0 Å². The Morgan fingerprint density at radius 3 is 2.89 bits per heavy atom. The number of hydrogen-bond acceptors (Lipinski definition) is 4. The molecule has 3 atom stereocenters. The standard InChI is InChI=1S/C13H21N3O2/c1-18-8-7-16(6-2-5-14)13(17)11-9-10-3-4-12(11)15-10/h10-12,15H,2-4,6-9H2,1H3. The second-order valence-electron chi connectivity index (χ2n) is 5.12. The topological polar surface area (TPSA) is 65.4 Å². The number of carbonyl (C=O) groups is 1. The summed E-state index contributed by atoms with van der Waals surface area (Å²) < 4.78 is 5.03. The first kappa shape index (κ1) is 13.3. The second kappa shape index (κ2) is 6.17. The fourth-order valence-corrected chi connectivity index (χ4v) is 3.05. The molecule has 1 N–H and O–H groups in total. The lowest BCUT2D eigenvalue weighted by molar-refractivity contribution is -0.136. The van der Waals surface area contributed by atoms with E-state index in [4.69, 9.17) is 10.00 Å². The highest BCUT2D eigenvalue weighted by molar-refractivity contribution is 5.80. The number of amides is 1. The van der Waals surface area contributed by atoms with Crippen molar-refractivity contribution < 1.29 is 9.53 Å². The summed E-state index contributed by atoms with van der Waals surface area (Å²) >= 11 is 0. The van der Waals surface area contributed by atoms with Crippen molar-refractivity contribution in [1.82, 2.24) is 10.2 Å². The molecule has 2 aliphatic rings. The number of ether oxygens (including phenoxy) is 1. The van der Waals surface area contributed by atoms with Crippen LogP contribution in [0.1, 0.15) is 25.7 Å². The van der Waals surface area contributed by atoms with Crippen LogP contribution in [0.15, 0.2) is 0 Å². The smallest absolute Gasteiger partial charge is 0.227 e. The molecule has 0 aromatic heterocycles. The van der Waals surface area contributed by atoms with Crippen molar-refractivity contribution in [1.29, 1.82) is 5.26 Å². The van der Waals surface area contributed by atoms with E-state index in [1.165, 1.54) is 6.42 Å². The van der Waals surface area contributed by atoms with Gasteiger partial charge in [0, 0.05) is 32.3 Å². The van der Waals surface area contributed by atoms with E-state index < -0.39 is 0 Å². The maximum absolute atomic E-state index is 12.5. The Bertz CT molecular complexity index is 340. The Morgan fingerprint density at radius 1 is 1.50 bits per heavy atom. The van der Waals surface area contributed by atoms with Crippen LogP contribution >= 0.6 is 0 Å². The summed E-state index contributed by atoms with van der Waals surface area (Å²) in [6.45, 7) is 1.64. The molecule has 2 rings (SSSR count). The van der Waals surface area contributed by atoms with Gasteiger partial charge >= 0.3 is 0 Å². The summed E-state index contributed by atoms with van der Waals surface area (Å²) in [7, 11) is 1.63. The Labute approximate surface area is 108 Å². The molecular formula is C13H21N3O2. The van der Waals surface area contributed by atoms with Gasteiger partial charge in [-0.2, -0.15) is 5.26 Å². The van der Waals surface area contributed by atoms with E-state index in [2.05, 4.69) is 11.4 Å². The van der Waals surface area contributed by atoms with Crippen molar-refractivity contribution in [2.75, 3.05) is 26.8 Å². The molecule has 0 aromatic rings. The molecule has 100 valence electrons. The zero-order valence-electron chi connectivity index (χ0n) is 10.9. The van der Waals surface area contributed by atoms with Gasteiger partial charge < -0.3 is 15.0 Å². The monoisotopic (exact) mass is 251 g/mol. The summed E-state index contributed by atoms with van der Waals surface area (Å²) in [4.78, 5) is 14.3. The van der Waals surface area contributed by atoms with Gasteiger partial charge in [0.05, 0.1) is 25.0 Å². The molecule has 0 radical (unpaired) electrons. The molecule has 2 aliphatic heterocycles. The number of hydrogen-bond donors (Lipinski definition) is 1. The molecule has 0 aromatic carbocycles. The maximum atomic E-state index is 12.5. The van der Waals surface area contributed by atoms with E-state index >= 15 is 0 Å².